The number of nitrogens with one attached hydrogen (secondary N) is 1. The van der Waals surface area contributed by atoms with Gasteiger partial charge in [-0.1, -0.05) is 18.2 Å². The Morgan fingerprint density at radius 1 is 1.05 bits per heavy atom. The van der Waals surface area contributed by atoms with Crippen LogP contribution in [0.1, 0.15) is 44.2 Å². The molecule has 2 aliphatic heterocycles. The number of likely N-dealkylation sites (tertiary alicyclic amines) is 1. The Kier molecular flexibility index (Phi) is 10.4. The number of hydrogen-bond acceptors (Lipinski definition) is 5. The van der Waals surface area contributed by atoms with Crippen molar-refractivity contribution in [3.05, 3.63) is 59.7 Å². The van der Waals surface area contributed by atoms with Crippen molar-refractivity contribution < 1.29 is 22.7 Å². The van der Waals surface area contributed by atoms with Crippen LogP contribution >= 0.6 is 0 Å². The predicted molar refractivity (Wildman–Crippen MR) is 153 cm³/mol. The van der Waals surface area contributed by atoms with Crippen LogP contribution in [0.15, 0.2) is 48.5 Å². The molecule has 0 spiro atoms. The second-order valence-electron chi connectivity index (χ2n) is 11.3. The Bertz CT molecular complexity index is 1100. The minimum Gasteiger partial charge on any atom is -0.497 e. The Morgan fingerprint density at radius 2 is 1.80 bits per heavy atom. The van der Waals surface area contributed by atoms with Crippen molar-refractivity contribution in [3.8, 4) is 5.75 Å². The fourth-order valence-electron chi connectivity index (χ4n) is 6.05. The zero-order chi connectivity index (χ0) is 28.7. The molecule has 220 valence electrons. The number of piperidine rings is 1. The first kappa shape index (κ1) is 30.2. The first-order valence-electron chi connectivity index (χ1n) is 14.4. The predicted octanol–water partition coefficient (Wildman–Crippen LogP) is 5.07. The number of carbonyl (C=O) groups excluding carboxylic acids is 1. The van der Waals surface area contributed by atoms with E-state index in [2.05, 4.69) is 33.9 Å². The zero-order valence-corrected chi connectivity index (χ0v) is 23.9. The van der Waals surface area contributed by atoms with Crippen LogP contribution in [0.4, 0.5) is 18.9 Å². The molecule has 1 N–H and O–H groups in total. The molecule has 2 fully saturated rings. The van der Waals surface area contributed by atoms with E-state index in [0.717, 1.165) is 62.8 Å². The summed E-state index contributed by atoms with van der Waals surface area (Å²) in [5.74, 6) is 1.27. The third kappa shape index (κ3) is 8.13. The van der Waals surface area contributed by atoms with E-state index >= 15 is 0 Å². The van der Waals surface area contributed by atoms with Crippen molar-refractivity contribution in [3.63, 3.8) is 0 Å². The summed E-state index contributed by atoms with van der Waals surface area (Å²) < 4.78 is 44.9. The van der Waals surface area contributed by atoms with Crippen LogP contribution in [0.25, 0.3) is 0 Å². The van der Waals surface area contributed by atoms with Crippen LogP contribution in [0.3, 0.4) is 0 Å². The second kappa shape index (κ2) is 13.7. The molecule has 0 aliphatic carbocycles. The molecule has 0 aromatic heterocycles. The van der Waals surface area contributed by atoms with Crippen LogP contribution in [-0.4, -0.2) is 80.7 Å². The summed E-state index contributed by atoms with van der Waals surface area (Å²) in [5, 5.41) is 3.08. The van der Waals surface area contributed by atoms with Crippen LogP contribution in [0, 0.1) is 5.92 Å². The van der Waals surface area contributed by atoms with Gasteiger partial charge >= 0.3 is 6.18 Å². The number of ether oxygens (including phenoxy) is 1. The minimum atomic E-state index is -4.34. The molecule has 2 aliphatic rings. The molecule has 0 radical (unpaired) electrons. The summed E-state index contributed by atoms with van der Waals surface area (Å²) in [6.45, 7) is 10.0. The Balaban J connectivity index is 1.30. The van der Waals surface area contributed by atoms with E-state index in [1.54, 1.807) is 13.2 Å². The van der Waals surface area contributed by atoms with E-state index in [1.165, 1.54) is 12.1 Å². The molecule has 9 heteroatoms. The number of hydrogen-bond donors (Lipinski definition) is 1. The molecule has 0 unspecified atom stereocenters. The van der Waals surface area contributed by atoms with Crippen molar-refractivity contribution in [2.45, 2.75) is 57.8 Å². The van der Waals surface area contributed by atoms with Gasteiger partial charge in [0.05, 0.1) is 12.7 Å². The molecule has 4 rings (SSSR count). The molecule has 0 saturated carbocycles. The molecule has 2 saturated heterocycles. The number of methoxy groups -OCH3 is 1. The number of piperazine rings is 1. The summed E-state index contributed by atoms with van der Waals surface area (Å²) in [4.78, 5) is 19.8. The monoisotopic (exact) mass is 560 g/mol. The number of rotatable bonds is 10. The summed E-state index contributed by atoms with van der Waals surface area (Å²) in [6, 6.07) is 14.4. The highest BCUT2D eigenvalue weighted by Crippen LogP contribution is 2.33. The molecule has 2 aromatic carbocycles. The van der Waals surface area contributed by atoms with E-state index in [9.17, 15) is 18.0 Å². The van der Waals surface area contributed by atoms with Gasteiger partial charge < -0.3 is 19.9 Å². The largest absolute Gasteiger partial charge is 0.497 e. The van der Waals surface area contributed by atoms with Gasteiger partial charge in [-0.2, -0.15) is 13.2 Å². The van der Waals surface area contributed by atoms with E-state index in [-0.39, 0.29) is 5.91 Å². The molecule has 2 atom stereocenters. The molecule has 2 heterocycles. The van der Waals surface area contributed by atoms with Crippen molar-refractivity contribution in [2.24, 2.45) is 5.92 Å². The molecule has 6 nitrogen and oxygen atoms in total. The van der Waals surface area contributed by atoms with Crippen LogP contribution in [-0.2, 0) is 17.4 Å². The quantitative estimate of drug-likeness (QED) is 0.440. The molecule has 1 amide bonds. The highest BCUT2D eigenvalue weighted by molar-refractivity contribution is 5.75. The lowest BCUT2D eigenvalue weighted by Crippen LogP contribution is -2.57. The second-order valence-corrected chi connectivity index (χ2v) is 11.3. The molecule has 40 heavy (non-hydrogen) atoms. The normalized spacial score (nSPS) is 21.0. The maximum atomic E-state index is 13.2. The maximum Gasteiger partial charge on any atom is 0.416 e. The van der Waals surface area contributed by atoms with Crippen molar-refractivity contribution in [2.75, 3.05) is 57.8 Å². The smallest absolute Gasteiger partial charge is 0.416 e. The maximum absolute atomic E-state index is 13.2. The van der Waals surface area contributed by atoms with E-state index in [0.29, 0.717) is 49.7 Å². The Hall–Kier alpha value is -2.78. The third-order valence-electron chi connectivity index (χ3n) is 8.39. The average molecular weight is 561 g/mol. The number of alkyl halides is 3. The number of carbonyl (C=O) groups is 1. The van der Waals surface area contributed by atoms with E-state index in [4.69, 9.17) is 4.74 Å². The van der Waals surface area contributed by atoms with Gasteiger partial charge in [-0.05, 0) is 81.5 Å². The molecule has 0 bridgehead atoms. The average Bonchev–Trinajstić information content (AvgIpc) is 2.96. The summed E-state index contributed by atoms with van der Waals surface area (Å²) >= 11 is 0. The number of anilines is 1. The molecular weight excluding hydrogens is 517 g/mol. The highest BCUT2D eigenvalue weighted by atomic mass is 19.4. The van der Waals surface area contributed by atoms with Gasteiger partial charge in [-0.3, -0.25) is 9.69 Å². The minimum absolute atomic E-state index is 0.0812. The highest BCUT2D eigenvalue weighted by Gasteiger charge is 2.36. The van der Waals surface area contributed by atoms with Gasteiger partial charge in [0.1, 0.15) is 5.75 Å². The fraction of sp³-hybridized carbons (Fsp3) is 0.581. The first-order chi connectivity index (χ1) is 19.1. The van der Waals surface area contributed by atoms with Crippen molar-refractivity contribution in [1.29, 1.82) is 0 Å². The first-order valence-corrected chi connectivity index (χ1v) is 14.4. The SMILES string of the molecule is COc1cccc(CCNC(=O)CC[C@H]2CN(C(C)C)CC[C@H]2N2CCN(c3cccc(C(F)(F)F)c3)CC2)c1. The lowest BCUT2D eigenvalue weighted by Gasteiger charge is -2.48. The summed E-state index contributed by atoms with van der Waals surface area (Å²) in [6.07, 6.45) is -1.21. The van der Waals surface area contributed by atoms with Crippen LogP contribution in [0.5, 0.6) is 5.75 Å². The lowest BCUT2D eigenvalue weighted by molar-refractivity contribution is -0.137. The molecule has 2 aromatic rings. The Morgan fingerprint density at radius 3 is 2.50 bits per heavy atom. The number of halogens is 3. The number of benzene rings is 2. The van der Waals surface area contributed by atoms with Gasteiger partial charge in [0, 0.05) is 63.5 Å². The molecular formula is C31H43F3N4O2. The number of nitrogens with zero attached hydrogens (tertiary/aromatic N) is 3. The zero-order valence-electron chi connectivity index (χ0n) is 23.9. The van der Waals surface area contributed by atoms with Crippen molar-refractivity contribution in [1.82, 2.24) is 15.1 Å². The van der Waals surface area contributed by atoms with Gasteiger partial charge in [0.25, 0.3) is 0 Å². The van der Waals surface area contributed by atoms with Crippen molar-refractivity contribution >= 4 is 11.6 Å². The van der Waals surface area contributed by atoms with Gasteiger partial charge in [0.2, 0.25) is 5.91 Å². The summed E-state index contributed by atoms with van der Waals surface area (Å²) in [7, 11) is 1.65. The lowest BCUT2D eigenvalue weighted by atomic mass is 9.86. The van der Waals surface area contributed by atoms with Gasteiger partial charge in [-0.15, -0.1) is 0 Å². The Labute approximate surface area is 236 Å². The number of amides is 1. The van der Waals surface area contributed by atoms with Crippen LogP contribution < -0.4 is 15.0 Å². The van der Waals surface area contributed by atoms with Crippen LogP contribution in [0.2, 0.25) is 0 Å². The third-order valence-corrected chi connectivity index (χ3v) is 8.39. The fourth-order valence-corrected chi connectivity index (χ4v) is 6.05. The van der Waals surface area contributed by atoms with Gasteiger partial charge in [0.15, 0.2) is 0 Å². The van der Waals surface area contributed by atoms with E-state index < -0.39 is 11.7 Å². The van der Waals surface area contributed by atoms with Gasteiger partial charge in [-0.25, -0.2) is 0 Å². The standard InChI is InChI=1S/C31H43F3N4O2/c1-23(2)38-15-13-29(37-18-16-36(17-19-37)27-8-5-7-26(21-27)31(32,33)34)25(22-38)10-11-30(39)35-14-12-24-6-4-9-28(20-24)40-3/h4-9,20-21,23,25,29H,10-19,22H2,1-3H3,(H,35,39)/t25-,29+/m0/s1. The topological polar surface area (TPSA) is 48.1 Å². The van der Waals surface area contributed by atoms with E-state index in [1.807, 2.05) is 24.3 Å². The summed E-state index contributed by atoms with van der Waals surface area (Å²) in [5.41, 5.74) is 1.16.